The lowest BCUT2D eigenvalue weighted by molar-refractivity contribution is -0.276. The van der Waals surface area contributed by atoms with E-state index < -0.39 is 6.29 Å². The van der Waals surface area contributed by atoms with Crippen molar-refractivity contribution in [3.8, 4) is 0 Å². The molecule has 4 atom stereocenters. The number of aliphatic hydroxyl groups is 1. The SMILES string of the molecule is CC1C(CN(Cc2ccccc2)Cc2ccccc2)OC(c2ccc(CNC(=O)NCc3ccccc3)cc2)OC1c1ccc(CO)cc1. The molecule has 1 aliphatic heterocycles. The van der Waals surface area contributed by atoms with E-state index in [0.29, 0.717) is 13.1 Å². The first-order valence-corrected chi connectivity index (χ1v) is 17.0. The summed E-state index contributed by atoms with van der Waals surface area (Å²) in [7, 11) is 0. The number of aliphatic hydroxyl groups excluding tert-OH is 1. The van der Waals surface area contributed by atoms with Crippen molar-refractivity contribution >= 4 is 6.03 Å². The molecule has 0 aliphatic carbocycles. The molecule has 6 rings (SSSR count). The number of rotatable bonds is 13. The lowest BCUT2D eigenvalue weighted by Crippen LogP contribution is -2.44. The largest absolute Gasteiger partial charge is 0.392 e. The Kier molecular flexibility index (Phi) is 11.9. The highest BCUT2D eigenvalue weighted by Gasteiger charge is 2.39. The third kappa shape index (κ3) is 9.65. The Balaban J connectivity index is 1.18. The van der Waals surface area contributed by atoms with Gasteiger partial charge in [0.15, 0.2) is 6.29 Å². The van der Waals surface area contributed by atoms with E-state index in [1.54, 1.807) is 0 Å². The zero-order chi connectivity index (χ0) is 33.8. The molecular weight excluding hydrogens is 610 g/mol. The minimum Gasteiger partial charge on any atom is -0.392 e. The normalized spacial score (nSPS) is 19.0. The number of nitrogens with zero attached hydrogens (tertiary/aromatic N) is 1. The van der Waals surface area contributed by atoms with Crippen LogP contribution < -0.4 is 10.6 Å². The van der Waals surface area contributed by atoms with Crippen LogP contribution in [-0.2, 0) is 42.3 Å². The molecule has 0 spiro atoms. The Labute approximate surface area is 289 Å². The summed E-state index contributed by atoms with van der Waals surface area (Å²) in [5.74, 6) is 0.0585. The second kappa shape index (κ2) is 17.0. The molecule has 7 nitrogen and oxygen atoms in total. The third-order valence-corrected chi connectivity index (χ3v) is 9.06. The molecule has 1 aliphatic rings. The maximum absolute atomic E-state index is 12.4. The van der Waals surface area contributed by atoms with E-state index in [4.69, 9.17) is 9.47 Å². The van der Waals surface area contributed by atoms with Crippen LogP contribution in [0.2, 0.25) is 0 Å². The van der Waals surface area contributed by atoms with Gasteiger partial charge in [-0.1, -0.05) is 146 Å². The zero-order valence-electron chi connectivity index (χ0n) is 28.0. The molecule has 2 amide bonds. The summed E-state index contributed by atoms with van der Waals surface area (Å²) in [6, 6.07) is 46.8. The van der Waals surface area contributed by atoms with Gasteiger partial charge in [0.05, 0.1) is 18.8 Å². The molecule has 49 heavy (non-hydrogen) atoms. The molecule has 3 N–H and O–H groups in total. The fraction of sp³-hybridized carbons (Fsp3) is 0.262. The van der Waals surface area contributed by atoms with E-state index in [9.17, 15) is 9.90 Å². The molecule has 1 heterocycles. The van der Waals surface area contributed by atoms with Gasteiger partial charge in [0, 0.05) is 44.2 Å². The van der Waals surface area contributed by atoms with Crippen molar-refractivity contribution in [2.75, 3.05) is 6.54 Å². The van der Waals surface area contributed by atoms with Gasteiger partial charge >= 0.3 is 6.03 Å². The third-order valence-electron chi connectivity index (χ3n) is 9.06. The first kappa shape index (κ1) is 34.1. The summed E-state index contributed by atoms with van der Waals surface area (Å²) in [6.45, 7) is 5.39. The molecule has 0 aromatic heterocycles. The highest BCUT2D eigenvalue weighted by Crippen LogP contribution is 2.42. The van der Waals surface area contributed by atoms with Crippen LogP contribution in [0.25, 0.3) is 0 Å². The van der Waals surface area contributed by atoms with Crippen molar-refractivity contribution in [3.63, 3.8) is 0 Å². The predicted molar refractivity (Wildman–Crippen MR) is 192 cm³/mol. The summed E-state index contributed by atoms with van der Waals surface area (Å²) in [4.78, 5) is 14.9. The first-order valence-electron chi connectivity index (χ1n) is 17.0. The number of hydrogen-bond donors (Lipinski definition) is 3. The van der Waals surface area contributed by atoms with Crippen LogP contribution in [0, 0.1) is 5.92 Å². The number of ether oxygens (including phenoxy) is 2. The van der Waals surface area contributed by atoms with Crippen molar-refractivity contribution in [2.24, 2.45) is 5.92 Å². The van der Waals surface area contributed by atoms with Gasteiger partial charge in [-0.15, -0.1) is 0 Å². The van der Waals surface area contributed by atoms with Crippen molar-refractivity contribution < 1.29 is 19.4 Å². The lowest BCUT2D eigenvalue weighted by atomic mass is 9.89. The monoisotopic (exact) mass is 655 g/mol. The number of urea groups is 1. The van der Waals surface area contributed by atoms with Gasteiger partial charge in [0.2, 0.25) is 0 Å². The fourth-order valence-corrected chi connectivity index (χ4v) is 6.27. The molecule has 0 saturated carbocycles. The maximum Gasteiger partial charge on any atom is 0.315 e. The second-order valence-corrected chi connectivity index (χ2v) is 12.7. The number of benzene rings is 5. The number of hydrogen-bond acceptors (Lipinski definition) is 5. The summed E-state index contributed by atoms with van der Waals surface area (Å²) in [5.41, 5.74) is 7.38. The van der Waals surface area contributed by atoms with E-state index in [1.807, 2.05) is 78.9 Å². The van der Waals surface area contributed by atoms with E-state index in [0.717, 1.165) is 47.5 Å². The van der Waals surface area contributed by atoms with Gasteiger partial charge in [-0.3, -0.25) is 4.90 Å². The van der Waals surface area contributed by atoms with Crippen LogP contribution >= 0.6 is 0 Å². The van der Waals surface area contributed by atoms with E-state index in [-0.39, 0.29) is 30.8 Å². The quantitative estimate of drug-likeness (QED) is 0.121. The Morgan fingerprint density at radius 3 is 1.61 bits per heavy atom. The number of amides is 2. The predicted octanol–water partition coefficient (Wildman–Crippen LogP) is 7.67. The molecule has 252 valence electrons. The smallest absolute Gasteiger partial charge is 0.315 e. The van der Waals surface area contributed by atoms with Gasteiger partial charge in [-0.25, -0.2) is 4.79 Å². The summed E-state index contributed by atoms with van der Waals surface area (Å²) in [6.07, 6.45) is -0.903. The average Bonchev–Trinajstić information content (AvgIpc) is 3.15. The molecule has 5 aromatic carbocycles. The Morgan fingerprint density at radius 1 is 0.612 bits per heavy atom. The minimum absolute atomic E-state index is 0.000454. The van der Waals surface area contributed by atoms with Crippen molar-refractivity contribution in [1.29, 1.82) is 0 Å². The van der Waals surface area contributed by atoms with E-state index >= 15 is 0 Å². The highest BCUT2D eigenvalue weighted by atomic mass is 16.7. The topological polar surface area (TPSA) is 83.1 Å². The first-order chi connectivity index (χ1) is 24.0. The van der Waals surface area contributed by atoms with E-state index in [1.165, 1.54) is 11.1 Å². The fourth-order valence-electron chi connectivity index (χ4n) is 6.27. The van der Waals surface area contributed by atoms with E-state index in [2.05, 4.69) is 83.1 Å². The molecular formula is C42H45N3O4. The molecule has 0 bridgehead atoms. The number of nitrogens with one attached hydrogen (secondary N) is 2. The summed E-state index contributed by atoms with van der Waals surface area (Å²) >= 11 is 0. The molecule has 1 saturated heterocycles. The Morgan fingerprint density at radius 2 is 1.08 bits per heavy atom. The van der Waals surface area contributed by atoms with Gasteiger partial charge in [0.1, 0.15) is 0 Å². The minimum atomic E-state index is -0.574. The van der Waals surface area contributed by atoms with Gasteiger partial charge in [0.25, 0.3) is 0 Å². The molecule has 1 fully saturated rings. The van der Waals surface area contributed by atoms with Gasteiger partial charge in [-0.2, -0.15) is 0 Å². The van der Waals surface area contributed by atoms with Crippen LogP contribution in [0.5, 0.6) is 0 Å². The van der Waals surface area contributed by atoms with Crippen LogP contribution in [-0.4, -0.2) is 28.7 Å². The standard InChI is InChI=1S/C42H45N3O4/c1-31-39(29-45(27-34-13-7-3-8-14-34)28-35-15-9-4-10-16-35)48-41(49-40(31)37-21-19-36(30-46)20-22-37)38-23-17-33(18-24-38)26-44-42(47)43-25-32-11-5-2-6-12-32/h2-24,31,39-41,46H,25-30H2,1H3,(H2,43,44,47). The molecule has 0 radical (unpaired) electrons. The summed E-state index contributed by atoms with van der Waals surface area (Å²) in [5, 5.41) is 15.5. The lowest BCUT2D eigenvalue weighted by Gasteiger charge is -2.43. The van der Waals surface area contributed by atoms with Crippen LogP contribution in [0.15, 0.2) is 140 Å². The molecule has 7 heteroatoms. The Hall–Kier alpha value is -4.79. The van der Waals surface area contributed by atoms with Crippen molar-refractivity contribution in [3.05, 3.63) is 178 Å². The van der Waals surface area contributed by atoms with Crippen molar-refractivity contribution in [1.82, 2.24) is 15.5 Å². The summed E-state index contributed by atoms with van der Waals surface area (Å²) < 4.78 is 13.5. The van der Waals surface area contributed by atoms with Crippen LogP contribution in [0.3, 0.4) is 0 Å². The molecule has 4 unspecified atom stereocenters. The van der Waals surface area contributed by atoms with Gasteiger partial charge in [-0.05, 0) is 33.4 Å². The maximum atomic E-state index is 12.4. The van der Waals surface area contributed by atoms with Gasteiger partial charge < -0.3 is 25.2 Å². The highest BCUT2D eigenvalue weighted by molar-refractivity contribution is 5.73. The average molecular weight is 656 g/mol. The Bertz CT molecular complexity index is 1680. The molecule has 5 aromatic rings. The van der Waals surface area contributed by atoms with Crippen molar-refractivity contribution in [2.45, 2.75) is 58.2 Å². The van der Waals surface area contributed by atoms with Crippen LogP contribution in [0.1, 0.15) is 58.3 Å². The van der Waals surface area contributed by atoms with Crippen LogP contribution in [0.4, 0.5) is 4.79 Å². The number of carbonyl (C=O) groups is 1. The second-order valence-electron chi connectivity index (χ2n) is 12.7. The number of carbonyl (C=O) groups excluding carboxylic acids is 1. The zero-order valence-corrected chi connectivity index (χ0v) is 28.0.